The first-order chi connectivity index (χ1) is 6.22. The zero-order valence-electron chi connectivity index (χ0n) is 7.07. The number of carbonyl (C=O) groups is 1. The zero-order chi connectivity index (χ0) is 9.84. The lowest BCUT2D eigenvalue weighted by Crippen LogP contribution is -1.91. The lowest BCUT2D eigenvalue weighted by atomic mass is 10.1. The van der Waals surface area contributed by atoms with E-state index >= 15 is 0 Å². The molecule has 3 heteroatoms. The maximum absolute atomic E-state index is 10.5. The molecule has 3 nitrogen and oxygen atoms in total. The monoisotopic (exact) mass is 176 g/mol. The normalized spacial score (nSPS) is 8.92. The van der Waals surface area contributed by atoms with Gasteiger partial charge in [-0.2, -0.15) is 0 Å². The fourth-order valence-corrected chi connectivity index (χ4v) is 0.970. The summed E-state index contributed by atoms with van der Waals surface area (Å²) in [7, 11) is 1.40. The second-order valence-electron chi connectivity index (χ2n) is 2.37. The van der Waals surface area contributed by atoms with Crippen LogP contribution < -0.4 is 4.74 Å². The molecule has 0 atom stereocenters. The second kappa shape index (κ2) is 3.63. The van der Waals surface area contributed by atoms with Crippen LogP contribution in [0.3, 0.4) is 0 Å². The molecule has 0 heterocycles. The molecule has 1 rings (SSSR count). The highest BCUT2D eigenvalue weighted by Gasteiger charge is 2.06. The molecule has 1 aromatic carbocycles. The zero-order valence-corrected chi connectivity index (χ0v) is 7.07. The van der Waals surface area contributed by atoms with E-state index in [-0.39, 0.29) is 11.5 Å². The number of hydrogen-bond donors (Lipinski definition) is 1. The highest BCUT2D eigenvalue weighted by atomic mass is 16.5. The molecular weight excluding hydrogens is 168 g/mol. The summed E-state index contributed by atoms with van der Waals surface area (Å²) < 4.78 is 4.81. The summed E-state index contributed by atoms with van der Waals surface area (Å²) in [6.45, 7) is 0. The van der Waals surface area contributed by atoms with Gasteiger partial charge in [-0.25, -0.2) is 0 Å². The molecule has 13 heavy (non-hydrogen) atoms. The average Bonchev–Trinajstić information content (AvgIpc) is 2.17. The van der Waals surface area contributed by atoms with Crippen LogP contribution >= 0.6 is 0 Å². The molecule has 0 aliphatic rings. The first-order valence-corrected chi connectivity index (χ1v) is 3.55. The topological polar surface area (TPSA) is 46.5 Å². The number of aldehydes is 1. The lowest BCUT2D eigenvalue weighted by Gasteiger charge is -2.04. The van der Waals surface area contributed by atoms with Crippen LogP contribution in [0.25, 0.3) is 0 Å². The first-order valence-electron chi connectivity index (χ1n) is 3.55. The third-order valence-electron chi connectivity index (χ3n) is 1.63. The van der Waals surface area contributed by atoms with E-state index in [0.29, 0.717) is 17.4 Å². The smallest absolute Gasteiger partial charge is 0.161 e. The molecular formula is C10H8O3. The van der Waals surface area contributed by atoms with E-state index in [1.165, 1.54) is 19.2 Å². The van der Waals surface area contributed by atoms with Gasteiger partial charge in [0.05, 0.1) is 7.11 Å². The molecule has 0 radical (unpaired) electrons. The molecule has 1 aromatic rings. The quantitative estimate of drug-likeness (QED) is 0.544. The Hall–Kier alpha value is -1.95. The molecule has 0 saturated heterocycles. The summed E-state index contributed by atoms with van der Waals surface area (Å²) in [6, 6.07) is 2.72. The summed E-state index contributed by atoms with van der Waals surface area (Å²) in [5.74, 6) is 2.46. The Bertz CT molecular complexity index is 374. The van der Waals surface area contributed by atoms with Gasteiger partial charge in [-0.1, -0.05) is 5.92 Å². The minimum Gasteiger partial charge on any atom is -0.504 e. The van der Waals surface area contributed by atoms with Crippen LogP contribution in [0.1, 0.15) is 15.9 Å². The number of ether oxygens (including phenoxy) is 1. The van der Waals surface area contributed by atoms with E-state index in [1.54, 1.807) is 0 Å². The fourth-order valence-electron chi connectivity index (χ4n) is 0.970. The average molecular weight is 176 g/mol. The largest absolute Gasteiger partial charge is 0.504 e. The van der Waals surface area contributed by atoms with Gasteiger partial charge < -0.3 is 9.84 Å². The summed E-state index contributed by atoms with van der Waals surface area (Å²) in [5.41, 5.74) is 0.686. The predicted molar refractivity (Wildman–Crippen MR) is 48.0 cm³/mol. The molecule has 0 bridgehead atoms. The van der Waals surface area contributed by atoms with Gasteiger partial charge in [0.25, 0.3) is 0 Å². The van der Waals surface area contributed by atoms with Crippen molar-refractivity contribution in [2.45, 2.75) is 0 Å². The van der Waals surface area contributed by atoms with Gasteiger partial charge in [0, 0.05) is 17.2 Å². The minimum atomic E-state index is -0.0685. The SMILES string of the molecule is C#Cc1cc(O)c(OC)cc1C=O. The molecule has 66 valence electrons. The number of methoxy groups -OCH3 is 1. The first kappa shape index (κ1) is 9.14. The van der Waals surface area contributed by atoms with Crippen LogP contribution in [0, 0.1) is 12.3 Å². The predicted octanol–water partition coefficient (Wildman–Crippen LogP) is 1.19. The van der Waals surface area contributed by atoms with Gasteiger partial charge in [0.15, 0.2) is 17.8 Å². The molecule has 0 aliphatic heterocycles. The third kappa shape index (κ3) is 1.62. The highest BCUT2D eigenvalue weighted by molar-refractivity contribution is 5.81. The Morgan fingerprint density at radius 3 is 2.77 bits per heavy atom. The number of rotatable bonds is 2. The van der Waals surface area contributed by atoms with Crippen LogP contribution in [0.15, 0.2) is 12.1 Å². The molecule has 0 aromatic heterocycles. The number of hydrogen-bond acceptors (Lipinski definition) is 3. The maximum Gasteiger partial charge on any atom is 0.161 e. The van der Waals surface area contributed by atoms with Crippen molar-refractivity contribution in [2.75, 3.05) is 7.11 Å². The summed E-state index contributed by atoms with van der Waals surface area (Å²) >= 11 is 0. The molecule has 0 fully saturated rings. The molecule has 0 unspecified atom stereocenters. The molecule has 1 N–H and O–H groups in total. The van der Waals surface area contributed by atoms with Crippen molar-refractivity contribution in [2.24, 2.45) is 0 Å². The molecule has 0 amide bonds. The standard InChI is InChI=1S/C10H8O3/c1-3-7-4-9(12)10(13-2)5-8(7)6-11/h1,4-6,12H,2H3. The number of aromatic hydroxyl groups is 1. The van der Waals surface area contributed by atoms with E-state index < -0.39 is 0 Å². The van der Waals surface area contributed by atoms with E-state index in [0.717, 1.165) is 0 Å². The van der Waals surface area contributed by atoms with Crippen LogP contribution in [-0.2, 0) is 0 Å². The van der Waals surface area contributed by atoms with Crippen LogP contribution in [0.2, 0.25) is 0 Å². The number of phenols is 1. The van der Waals surface area contributed by atoms with E-state index in [4.69, 9.17) is 11.2 Å². The van der Waals surface area contributed by atoms with E-state index in [1.807, 2.05) is 0 Å². The molecule has 0 aliphatic carbocycles. The number of carbonyl (C=O) groups excluding carboxylic acids is 1. The van der Waals surface area contributed by atoms with Gasteiger partial charge in [0.2, 0.25) is 0 Å². The van der Waals surface area contributed by atoms with Crippen molar-refractivity contribution in [3.63, 3.8) is 0 Å². The van der Waals surface area contributed by atoms with E-state index in [2.05, 4.69) is 5.92 Å². The van der Waals surface area contributed by atoms with Gasteiger partial charge in [-0.3, -0.25) is 4.79 Å². The Labute approximate surface area is 76.0 Å². The van der Waals surface area contributed by atoms with Gasteiger partial charge >= 0.3 is 0 Å². The number of phenolic OH excluding ortho intramolecular Hbond substituents is 1. The van der Waals surface area contributed by atoms with Crippen molar-refractivity contribution in [3.8, 4) is 23.8 Å². The fraction of sp³-hybridized carbons (Fsp3) is 0.100. The Kier molecular flexibility index (Phi) is 2.56. The van der Waals surface area contributed by atoms with Gasteiger partial charge in [-0.05, 0) is 6.07 Å². The van der Waals surface area contributed by atoms with Crippen LogP contribution in [-0.4, -0.2) is 18.5 Å². The Balaban J connectivity index is 3.36. The molecule has 0 saturated carbocycles. The minimum absolute atomic E-state index is 0.0685. The summed E-state index contributed by atoms with van der Waals surface area (Å²) in [5, 5.41) is 9.31. The van der Waals surface area contributed by atoms with Crippen molar-refractivity contribution < 1.29 is 14.6 Å². The molecule has 0 spiro atoms. The second-order valence-corrected chi connectivity index (χ2v) is 2.37. The number of benzene rings is 1. The van der Waals surface area contributed by atoms with Crippen molar-refractivity contribution in [1.82, 2.24) is 0 Å². The van der Waals surface area contributed by atoms with Crippen LogP contribution in [0.5, 0.6) is 11.5 Å². The Morgan fingerprint density at radius 1 is 1.62 bits per heavy atom. The van der Waals surface area contributed by atoms with Gasteiger partial charge in [0.1, 0.15) is 0 Å². The van der Waals surface area contributed by atoms with Gasteiger partial charge in [-0.15, -0.1) is 6.42 Å². The summed E-state index contributed by atoms with van der Waals surface area (Å²) in [6.07, 6.45) is 5.75. The van der Waals surface area contributed by atoms with Crippen molar-refractivity contribution >= 4 is 6.29 Å². The maximum atomic E-state index is 10.5. The highest BCUT2D eigenvalue weighted by Crippen LogP contribution is 2.28. The van der Waals surface area contributed by atoms with Crippen molar-refractivity contribution in [1.29, 1.82) is 0 Å². The van der Waals surface area contributed by atoms with E-state index in [9.17, 15) is 9.90 Å². The Morgan fingerprint density at radius 2 is 2.31 bits per heavy atom. The number of terminal acetylenes is 1. The third-order valence-corrected chi connectivity index (χ3v) is 1.63. The van der Waals surface area contributed by atoms with Crippen LogP contribution in [0.4, 0.5) is 0 Å². The summed E-state index contributed by atoms with van der Waals surface area (Å²) in [4.78, 5) is 10.5. The van der Waals surface area contributed by atoms with Crippen molar-refractivity contribution in [3.05, 3.63) is 23.3 Å². The lowest BCUT2D eigenvalue weighted by molar-refractivity contribution is 0.112.